The fourth-order valence-electron chi connectivity index (χ4n) is 5.12. The molecule has 2 aromatic rings. The summed E-state index contributed by atoms with van der Waals surface area (Å²) in [5, 5.41) is 7.02. The third-order valence-electron chi connectivity index (χ3n) is 7.21. The number of nitrogens with two attached hydrogens (primary N) is 1. The third-order valence-corrected chi connectivity index (χ3v) is 8.75. The molecule has 1 heterocycles. The summed E-state index contributed by atoms with van der Waals surface area (Å²) >= 11 is 0. The molecular formula is C25H35N5O2S. The summed E-state index contributed by atoms with van der Waals surface area (Å²) in [4.78, 5) is 0. The summed E-state index contributed by atoms with van der Waals surface area (Å²) in [5.74, 6) is 0.590. The maximum absolute atomic E-state index is 12.7. The van der Waals surface area contributed by atoms with Crippen molar-refractivity contribution in [1.29, 1.82) is 0 Å². The highest BCUT2D eigenvalue weighted by molar-refractivity contribution is 7.90. The highest BCUT2D eigenvalue weighted by atomic mass is 32.2. The van der Waals surface area contributed by atoms with Crippen molar-refractivity contribution >= 4 is 15.9 Å². The molecule has 2 aliphatic carbocycles. The maximum atomic E-state index is 12.7. The number of benzene rings is 2. The molecule has 7 nitrogen and oxygen atoms in total. The number of nitrogens with one attached hydrogen (secondary N) is 3. The van der Waals surface area contributed by atoms with Crippen LogP contribution in [0.15, 0.2) is 48.5 Å². The van der Waals surface area contributed by atoms with E-state index in [1.165, 1.54) is 29.1 Å². The van der Waals surface area contributed by atoms with E-state index in [0.29, 0.717) is 55.9 Å². The Labute approximate surface area is 197 Å². The maximum Gasteiger partial charge on any atom is 0.301 e. The summed E-state index contributed by atoms with van der Waals surface area (Å²) < 4.78 is 29.6. The second-order valence-corrected chi connectivity index (χ2v) is 11.4. The van der Waals surface area contributed by atoms with Gasteiger partial charge in [0.05, 0.1) is 5.69 Å². The molecule has 3 fully saturated rings. The smallest absolute Gasteiger partial charge is 0.301 e. The summed E-state index contributed by atoms with van der Waals surface area (Å²) in [6, 6.07) is 17.9. The molecule has 0 bridgehead atoms. The van der Waals surface area contributed by atoms with E-state index in [9.17, 15) is 8.42 Å². The minimum Gasteiger partial charge on any atom is -0.328 e. The highest BCUT2D eigenvalue weighted by Gasteiger charge is 2.39. The molecule has 0 unspecified atom stereocenters. The Morgan fingerprint density at radius 3 is 2.39 bits per heavy atom. The normalized spacial score (nSPS) is 28.4. The quantitative estimate of drug-likeness (QED) is 0.500. The van der Waals surface area contributed by atoms with Crippen LogP contribution in [0.1, 0.15) is 43.6 Å². The second kappa shape index (κ2) is 9.72. The Morgan fingerprint density at radius 2 is 1.67 bits per heavy atom. The van der Waals surface area contributed by atoms with E-state index in [-0.39, 0.29) is 0 Å². The van der Waals surface area contributed by atoms with Crippen LogP contribution >= 0.6 is 0 Å². The van der Waals surface area contributed by atoms with Gasteiger partial charge in [0, 0.05) is 50.2 Å². The lowest BCUT2D eigenvalue weighted by molar-refractivity contribution is 0.339. The summed E-state index contributed by atoms with van der Waals surface area (Å²) in [6.07, 6.45) is 5.85. The van der Waals surface area contributed by atoms with Gasteiger partial charge in [-0.2, -0.15) is 12.7 Å². The fraction of sp³-hybridized carbons (Fsp3) is 0.520. The number of piperazine rings is 1. The van der Waals surface area contributed by atoms with Crippen molar-refractivity contribution in [3.05, 3.63) is 54.1 Å². The number of nitrogens with zero attached hydrogens (tertiary/aromatic N) is 1. The summed E-state index contributed by atoms with van der Waals surface area (Å²) in [6.45, 7) is 2.34. The minimum absolute atomic E-state index is 0.390. The first-order valence-electron chi connectivity index (χ1n) is 12.2. The van der Waals surface area contributed by atoms with Gasteiger partial charge in [-0.15, -0.1) is 0 Å². The van der Waals surface area contributed by atoms with Gasteiger partial charge in [-0.05, 0) is 60.9 Å². The van der Waals surface area contributed by atoms with Crippen LogP contribution in [0.2, 0.25) is 0 Å². The average molecular weight is 470 g/mol. The predicted octanol–water partition coefficient (Wildman–Crippen LogP) is 2.63. The van der Waals surface area contributed by atoms with Crippen LogP contribution in [0.25, 0.3) is 11.1 Å². The molecule has 1 saturated heterocycles. The second-order valence-electron chi connectivity index (χ2n) is 9.69. The molecule has 33 heavy (non-hydrogen) atoms. The molecule has 2 saturated carbocycles. The molecule has 0 aromatic heterocycles. The Kier molecular flexibility index (Phi) is 6.72. The van der Waals surface area contributed by atoms with Crippen molar-refractivity contribution in [2.45, 2.75) is 56.1 Å². The van der Waals surface area contributed by atoms with Gasteiger partial charge in [0.15, 0.2) is 0 Å². The van der Waals surface area contributed by atoms with Gasteiger partial charge in [-0.1, -0.05) is 36.4 Å². The van der Waals surface area contributed by atoms with Crippen molar-refractivity contribution in [1.82, 2.24) is 14.9 Å². The summed E-state index contributed by atoms with van der Waals surface area (Å²) in [5.41, 5.74) is 10.1. The molecule has 2 atom stereocenters. The Morgan fingerprint density at radius 1 is 0.939 bits per heavy atom. The van der Waals surface area contributed by atoms with Crippen LogP contribution < -0.4 is 21.1 Å². The third kappa shape index (κ3) is 5.58. The van der Waals surface area contributed by atoms with E-state index >= 15 is 0 Å². The zero-order valence-corrected chi connectivity index (χ0v) is 19.9. The first-order chi connectivity index (χ1) is 16.0. The Balaban J connectivity index is 1.20. The number of anilines is 1. The molecule has 0 spiro atoms. The number of rotatable bonds is 7. The zero-order chi connectivity index (χ0) is 22.8. The van der Waals surface area contributed by atoms with Crippen LogP contribution in [0.3, 0.4) is 0 Å². The van der Waals surface area contributed by atoms with E-state index in [4.69, 9.17) is 5.73 Å². The number of hydrogen-bond donors (Lipinski definition) is 4. The van der Waals surface area contributed by atoms with Crippen molar-refractivity contribution < 1.29 is 8.42 Å². The average Bonchev–Trinajstić information content (AvgIpc) is 3.60. The molecule has 5 N–H and O–H groups in total. The number of hydrogen-bond acceptors (Lipinski definition) is 5. The predicted molar refractivity (Wildman–Crippen MR) is 133 cm³/mol. The molecule has 2 aromatic carbocycles. The molecule has 0 amide bonds. The van der Waals surface area contributed by atoms with E-state index in [1.807, 2.05) is 18.2 Å². The Hall–Kier alpha value is -1.97. The fourth-order valence-corrected chi connectivity index (χ4v) is 6.34. The molecule has 1 aliphatic heterocycles. The van der Waals surface area contributed by atoms with Gasteiger partial charge < -0.3 is 16.4 Å². The topological polar surface area (TPSA) is 99.5 Å². The lowest BCUT2D eigenvalue weighted by Crippen LogP contribution is -2.48. The van der Waals surface area contributed by atoms with Gasteiger partial charge in [0.1, 0.15) is 0 Å². The van der Waals surface area contributed by atoms with Crippen LogP contribution in [-0.4, -0.2) is 57.0 Å². The highest BCUT2D eigenvalue weighted by Crippen LogP contribution is 2.42. The largest absolute Gasteiger partial charge is 0.328 e. The monoisotopic (exact) mass is 469 g/mol. The van der Waals surface area contributed by atoms with Gasteiger partial charge in [0.25, 0.3) is 0 Å². The molecule has 5 rings (SSSR count). The first-order valence-corrected chi connectivity index (χ1v) is 13.6. The first kappa shape index (κ1) is 22.8. The van der Waals surface area contributed by atoms with Gasteiger partial charge in [0.2, 0.25) is 0 Å². The van der Waals surface area contributed by atoms with Crippen molar-refractivity contribution in [3.8, 4) is 11.1 Å². The lowest BCUT2D eigenvalue weighted by atomic mass is 9.92. The van der Waals surface area contributed by atoms with Gasteiger partial charge in [-0.3, -0.25) is 4.72 Å². The van der Waals surface area contributed by atoms with Gasteiger partial charge >= 0.3 is 10.2 Å². The molecule has 3 aliphatic rings. The molecule has 0 radical (unpaired) electrons. The van der Waals surface area contributed by atoms with Crippen LogP contribution in [0.4, 0.5) is 5.69 Å². The summed E-state index contributed by atoms with van der Waals surface area (Å²) in [7, 11) is -3.54. The molecule has 178 valence electrons. The van der Waals surface area contributed by atoms with E-state index in [2.05, 4.69) is 39.6 Å². The van der Waals surface area contributed by atoms with Crippen LogP contribution in [0, 0.1) is 0 Å². The Bertz CT molecular complexity index is 1040. The minimum atomic E-state index is -3.54. The standard InChI is InChI=1S/C25H35N5O2S/c26-21-8-10-22(11-9-21)28-25-17-24(25)19-6-4-18(5-7-19)20-2-1-3-23(16-20)29-33(31,32)30-14-12-27-13-15-30/h1-7,16,21-22,24-25,27-29H,8-15,17,26H2/t21?,22?,24-,25-/m1/s1. The van der Waals surface area contributed by atoms with E-state index in [1.54, 1.807) is 6.07 Å². The van der Waals surface area contributed by atoms with Crippen LogP contribution in [0.5, 0.6) is 0 Å². The van der Waals surface area contributed by atoms with Crippen molar-refractivity contribution in [2.75, 3.05) is 30.9 Å². The zero-order valence-electron chi connectivity index (χ0n) is 19.0. The van der Waals surface area contributed by atoms with Crippen molar-refractivity contribution in [2.24, 2.45) is 5.73 Å². The molecular weight excluding hydrogens is 434 g/mol. The van der Waals surface area contributed by atoms with E-state index in [0.717, 1.165) is 24.0 Å². The SMILES string of the molecule is NC1CCC(N[C@@H]2C[C@@H]2c2ccc(-c3cccc(NS(=O)(=O)N4CCNCC4)c3)cc2)CC1. The van der Waals surface area contributed by atoms with Crippen molar-refractivity contribution in [3.63, 3.8) is 0 Å². The van der Waals surface area contributed by atoms with Gasteiger partial charge in [-0.25, -0.2) is 0 Å². The lowest BCUT2D eigenvalue weighted by Gasteiger charge is -2.27. The molecule has 8 heteroatoms. The van der Waals surface area contributed by atoms with E-state index < -0.39 is 10.2 Å². The van der Waals surface area contributed by atoms with Crippen LogP contribution in [-0.2, 0) is 10.2 Å².